The largest absolute Gasteiger partial charge is 0.307 e. The second-order valence-corrected chi connectivity index (χ2v) is 7.99. The van der Waals surface area contributed by atoms with Crippen LogP contribution >= 0.6 is 11.3 Å². The van der Waals surface area contributed by atoms with E-state index < -0.39 is 0 Å². The van der Waals surface area contributed by atoms with Crippen molar-refractivity contribution >= 4 is 11.3 Å². The van der Waals surface area contributed by atoms with E-state index in [4.69, 9.17) is 0 Å². The first-order valence-electron chi connectivity index (χ1n) is 7.75. The van der Waals surface area contributed by atoms with Crippen LogP contribution in [0.1, 0.15) is 71.4 Å². The number of hydrogen-bond acceptors (Lipinski definition) is 2. The maximum Gasteiger partial charge on any atom is 0.0302 e. The Morgan fingerprint density at radius 2 is 2.00 bits per heavy atom. The number of thiophene rings is 1. The lowest BCUT2D eigenvalue weighted by Gasteiger charge is -2.30. The Labute approximate surface area is 122 Å². The number of hydrogen-bond donors (Lipinski definition) is 1. The molecule has 0 saturated heterocycles. The van der Waals surface area contributed by atoms with Gasteiger partial charge in [0.1, 0.15) is 0 Å². The van der Waals surface area contributed by atoms with Gasteiger partial charge in [-0.3, -0.25) is 0 Å². The predicted molar refractivity (Wildman–Crippen MR) is 85.7 cm³/mol. The molecule has 1 aliphatic rings. The first-order chi connectivity index (χ1) is 8.97. The van der Waals surface area contributed by atoms with E-state index in [0.29, 0.717) is 17.5 Å². The molecule has 1 nitrogen and oxygen atoms in total. The average Bonchev–Trinajstić information content (AvgIpc) is 2.75. The van der Waals surface area contributed by atoms with E-state index in [9.17, 15) is 0 Å². The lowest BCUT2D eigenvalue weighted by atomic mass is 9.76. The smallest absolute Gasteiger partial charge is 0.0302 e. The van der Waals surface area contributed by atoms with E-state index in [-0.39, 0.29) is 0 Å². The molecule has 1 N–H and O–H groups in total. The van der Waals surface area contributed by atoms with Gasteiger partial charge in [0.05, 0.1) is 0 Å². The minimum absolute atomic E-state index is 0.480. The zero-order valence-corrected chi connectivity index (χ0v) is 13.7. The molecule has 108 valence electrons. The Hall–Kier alpha value is -0.340. The minimum Gasteiger partial charge on any atom is -0.307 e. The van der Waals surface area contributed by atoms with E-state index in [1.165, 1.54) is 37.7 Å². The van der Waals surface area contributed by atoms with Crippen LogP contribution in [0.4, 0.5) is 0 Å². The third kappa shape index (κ3) is 4.32. The summed E-state index contributed by atoms with van der Waals surface area (Å²) in [5.74, 6) is 0.899. The molecule has 0 spiro atoms. The Morgan fingerprint density at radius 1 is 1.21 bits per heavy atom. The Balaban J connectivity index is 1.86. The molecule has 3 atom stereocenters. The van der Waals surface area contributed by atoms with E-state index in [1.807, 2.05) is 0 Å². The van der Waals surface area contributed by atoms with Crippen LogP contribution < -0.4 is 5.32 Å². The summed E-state index contributed by atoms with van der Waals surface area (Å²) < 4.78 is 0. The van der Waals surface area contributed by atoms with Crippen LogP contribution in [-0.2, 0) is 0 Å². The van der Waals surface area contributed by atoms with Crippen molar-refractivity contribution in [3.8, 4) is 0 Å². The maximum absolute atomic E-state index is 3.84. The van der Waals surface area contributed by atoms with Gasteiger partial charge in [0, 0.05) is 12.1 Å². The van der Waals surface area contributed by atoms with Gasteiger partial charge in [-0.2, -0.15) is 11.3 Å². The van der Waals surface area contributed by atoms with Gasteiger partial charge in [0.2, 0.25) is 0 Å². The summed E-state index contributed by atoms with van der Waals surface area (Å²) in [5.41, 5.74) is 1.93. The molecule has 3 unspecified atom stereocenters. The molecule has 1 saturated carbocycles. The van der Waals surface area contributed by atoms with Crippen molar-refractivity contribution in [2.45, 2.75) is 71.9 Å². The summed E-state index contributed by atoms with van der Waals surface area (Å²) >= 11 is 1.80. The zero-order valence-electron chi connectivity index (χ0n) is 12.9. The molecule has 2 rings (SSSR count). The normalized spacial score (nSPS) is 26.9. The fourth-order valence-corrected chi connectivity index (χ4v) is 4.06. The van der Waals surface area contributed by atoms with Crippen LogP contribution in [0.15, 0.2) is 16.8 Å². The average molecular weight is 279 g/mol. The van der Waals surface area contributed by atoms with E-state index in [2.05, 4.69) is 49.8 Å². The highest BCUT2D eigenvalue weighted by Crippen LogP contribution is 2.37. The van der Waals surface area contributed by atoms with Crippen molar-refractivity contribution in [1.29, 1.82) is 0 Å². The molecular weight excluding hydrogens is 250 g/mol. The van der Waals surface area contributed by atoms with Gasteiger partial charge in [-0.15, -0.1) is 0 Å². The van der Waals surface area contributed by atoms with Crippen molar-refractivity contribution in [3.05, 3.63) is 22.4 Å². The summed E-state index contributed by atoms with van der Waals surface area (Å²) in [6.45, 7) is 9.51. The predicted octanol–water partition coefficient (Wildman–Crippen LogP) is 5.39. The quantitative estimate of drug-likeness (QED) is 0.731. The van der Waals surface area contributed by atoms with Crippen LogP contribution in [0.3, 0.4) is 0 Å². The molecule has 1 aromatic heterocycles. The summed E-state index contributed by atoms with van der Waals surface area (Å²) in [6.07, 6.45) is 6.87. The van der Waals surface area contributed by atoms with Crippen molar-refractivity contribution in [3.63, 3.8) is 0 Å². The molecule has 0 amide bonds. The van der Waals surface area contributed by atoms with E-state index >= 15 is 0 Å². The van der Waals surface area contributed by atoms with Crippen LogP contribution in [0.2, 0.25) is 0 Å². The first-order valence-corrected chi connectivity index (χ1v) is 8.69. The Morgan fingerprint density at radius 3 is 2.63 bits per heavy atom. The molecule has 19 heavy (non-hydrogen) atoms. The third-order valence-electron chi connectivity index (χ3n) is 4.72. The Bertz CT molecular complexity index is 363. The molecule has 1 fully saturated rings. The first kappa shape index (κ1) is 15.1. The van der Waals surface area contributed by atoms with Gasteiger partial charge in [-0.05, 0) is 66.3 Å². The molecule has 1 heterocycles. The molecule has 0 bridgehead atoms. The van der Waals surface area contributed by atoms with Gasteiger partial charge in [-0.25, -0.2) is 0 Å². The summed E-state index contributed by atoms with van der Waals surface area (Å²) in [4.78, 5) is 0. The second-order valence-electron chi connectivity index (χ2n) is 7.21. The standard InChI is InChI=1S/C17H29NS/c1-13(14-10-11-19-12-14)18-16-7-5-6-15(8-9-16)17(2,3)4/h10-13,15-16,18H,5-9H2,1-4H3. The van der Waals surface area contributed by atoms with Crippen LogP contribution in [-0.4, -0.2) is 6.04 Å². The molecule has 0 aromatic carbocycles. The van der Waals surface area contributed by atoms with Gasteiger partial charge in [0.25, 0.3) is 0 Å². The van der Waals surface area contributed by atoms with Crippen LogP contribution in [0, 0.1) is 11.3 Å². The summed E-state index contributed by atoms with van der Waals surface area (Å²) in [7, 11) is 0. The second kappa shape index (κ2) is 6.41. The van der Waals surface area contributed by atoms with Gasteiger partial charge >= 0.3 is 0 Å². The van der Waals surface area contributed by atoms with Crippen molar-refractivity contribution in [2.75, 3.05) is 0 Å². The lowest BCUT2D eigenvalue weighted by molar-refractivity contribution is 0.213. The summed E-state index contributed by atoms with van der Waals surface area (Å²) in [6, 6.07) is 3.46. The topological polar surface area (TPSA) is 12.0 Å². The maximum atomic E-state index is 3.84. The number of nitrogens with one attached hydrogen (secondary N) is 1. The van der Waals surface area contributed by atoms with Crippen molar-refractivity contribution in [1.82, 2.24) is 5.32 Å². The molecule has 2 heteroatoms. The van der Waals surface area contributed by atoms with Crippen LogP contribution in [0.5, 0.6) is 0 Å². The molecule has 1 aromatic rings. The monoisotopic (exact) mass is 279 g/mol. The van der Waals surface area contributed by atoms with Gasteiger partial charge < -0.3 is 5.32 Å². The molecular formula is C17H29NS. The minimum atomic E-state index is 0.480. The Kier molecular flexibility index (Phi) is 5.08. The zero-order chi connectivity index (χ0) is 13.9. The lowest BCUT2D eigenvalue weighted by Crippen LogP contribution is -2.31. The van der Waals surface area contributed by atoms with Crippen molar-refractivity contribution < 1.29 is 0 Å². The highest BCUT2D eigenvalue weighted by Gasteiger charge is 2.28. The van der Waals surface area contributed by atoms with E-state index in [1.54, 1.807) is 11.3 Å². The fourth-order valence-electron chi connectivity index (χ4n) is 3.31. The number of rotatable bonds is 3. The molecule has 0 radical (unpaired) electrons. The van der Waals surface area contributed by atoms with Gasteiger partial charge in [-0.1, -0.05) is 27.2 Å². The van der Waals surface area contributed by atoms with Gasteiger partial charge in [0.15, 0.2) is 0 Å². The SMILES string of the molecule is CC(NC1CCCC(C(C)(C)C)CC1)c1ccsc1. The van der Waals surface area contributed by atoms with Crippen LogP contribution in [0.25, 0.3) is 0 Å². The highest BCUT2D eigenvalue weighted by atomic mass is 32.1. The third-order valence-corrected chi connectivity index (χ3v) is 5.42. The fraction of sp³-hybridized carbons (Fsp3) is 0.765. The molecule has 0 aliphatic heterocycles. The summed E-state index contributed by atoms with van der Waals surface area (Å²) in [5, 5.41) is 8.29. The highest BCUT2D eigenvalue weighted by molar-refractivity contribution is 7.07. The van der Waals surface area contributed by atoms with Crippen molar-refractivity contribution in [2.24, 2.45) is 11.3 Å². The van der Waals surface area contributed by atoms with E-state index in [0.717, 1.165) is 5.92 Å². The molecule has 1 aliphatic carbocycles.